The molecule has 3 heteroatoms. The minimum Gasteiger partial charge on any atom is -0.478 e. The Morgan fingerprint density at radius 2 is 1.70 bits per heavy atom. The van der Waals surface area contributed by atoms with Crippen LogP contribution in [0, 0.1) is 11.7 Å². The van der Waals surface area contributed by atoms with E-state index >= 15 is 0 Å². The summed E-state index contributed by atoms with van der Waals surface area (Å²) < 4.78 is 13.4. The summed E-state index contributed by atoms with van der Waals surface area (Å²) >= 11 is 0. The lowest BCUT2D eigenvalue weighted by molar-refractivity contribution is 0.0692. The van der Waals surface area contributed by atoms with E-state index < -0.39 is 11.8 Å². The summed E-state index contributed by atoms with van der Waals surface area (Å²) in [6.07, 6.45) is 1.00. The number of halogens is 1. The van der Waals surface area contributed by atoms with Crippen molar-refractivity contribution < 1.29 is 14.3 Å². The van der Waals surface area contributed by atoms with Gasteiger partial charge in [0.05, 0.1) is 5.56 Å². The third-order valence-electron chi connectivity index (χ3n) is 3.13. The topological polar surface area (TPSA) is 37.3 Å². The highest BCUT2D eigenvalue weighted by molar-refractivity contribution is 5.89. The van der Waals surface area contributed by atoms with E-state index in [1.165, 1.54) is 17.7 Å². The average Bonchev–Trinajstić information content (AvgIpc) is 2.39. The molecule has 0 atom stereocenters. The van der Waals surface area contributed by atoms with Gasteiger partial charge in [-0.3, -0.25) is 0 Å². The molecule has 2 rings (SSSR count). The first kappa shape index (κ1) is 14.3. The van der Waals surface area contributed by atoms with Crippen LogP contribution < -0.4 is 0 Å². The van der Waals surface area contributed by atoms with Crippen molar-refractivity contribution in [3.05, 3.63) is 59.4 Å². The van der Waals surface area contributed by atoms with Gasteiger partial charge < -0.3 is 5.11 Å². The van der Waals surface area contributed by atoms with Crippen LogP contribution in [0.5, 0.6) is 0 Å². The lowest BCUT2D eigenvalue weighted by Gasteiger charge is -2.07. The van der Waals surface area contributed by atoms with Crippen LogP contribution in [0.2, 0.25) is 0 Å². The fraction of sp³-hybridized carbons (Fsp3) is 0.235. The highest BCUT2D eigenvalue weighted by Crippen LogP contribution is 2.23. The zero-order valence-corrected chi connectivity index (χ0v) is 11.6. The van der Waals surface area contributed by atoms with E-state index in [1.54, 1.807) is 6.07 Å². The van der Waals surface area contributed by atoms with Crippen molar-refractivity contribution in [2.45, 2.75) is 20.3 Å². The van der Waals surface area contributed by atoms with Gasteiger partial charge in [-0.05, 0) is 41.2 Å². The Labute approximate surface area is 117 Å². The standard InChI is InChI=1S/C17H17FO2/c1-11(2)9-12-3-5-13(6-4-12)14-7-8-16(18)15(10-14)17(19)20/h3-8,10-11H,9H2,1-2H3,(H,19,20). The molecular formula is C17H17FO2. The molecule has 2 aromatic carbocycles. The van der Waals surface area contributed by atoms with Crippen LogP contribution in [0.1, 0.15) is 29.8 Å². The van der Waals surface area contributed by atoms with Crippen LogP contribution in [0.15, 0.2) is 42.5 Å². The molecule has 0 saturated carbocycles. The summed E-state index contributed by atoms with van der Waals surface area (Å²) in [5, 5.41) is 8.94. The fourth-order valence-electron chi connectivity index (χ4n) is 2.17. The molecule has 0 fully saturated rings. The van der Waals surface area contributed by atoms with Gasteiger partial charge in [0.1, 0.15) is 5.82 Å². The second-order valence-corrected chi connectivity index (χ2v) is 5.29. The van der Waals surface area contributed by atoms with Gasteiger partial charge in [0.25, 0.3) is 0 Å². The number of benzene rings is 2. The number of carboxylic acids is 1. The number of aromatic carboxylic acids is 1. The van der Waals surface area contributed by atoms with E-state index in [1.807, 2.05) is 24.3 Å². The molecule has 0 radical (unpaired) electrons. The molecule has 104 valence electrons. The number of hydrogen-bond acceptors (Lipinski definition) is 1. The summed E-state index contributed by atoms with van der Waals surface area (Å²) in [7, 11) is 0. The molecule has 0 unspecified atom stereocenters. The maximum atomic E-state index is 13.4. The Balaban J connectivity index is 2.32. The molecule has 0 aliphatic carbocycles. The van der Waals surface area contributed by atoms with Crippen LogP contribution in [-0.4, -0.2) is 11.1 Å². The quantitative estimate of drug-likeness (QED) is 0.896. The van der Waals surface area contributed by atoms with E-state index in [0.717, 1.165) is 12.0 Å². The second kappa shape index (κ2) is 5.87. The smallest absolute Gasteiger partial charge is 0.338 e. The Bertz CT molecular complexity index is 615. The Kier molecular flexibility index (Phi) is 4.18. The third-order valence-corrected chi connectivity index (χ3v) is 3.13. The van der Waals surface area contributed by atoms with Crippen molar-refractivity contribution in [3.8, 4) is 11.1 Å². The first-order valence-corrected chi connectivity index (χ1v) is 6.59. The van der Waals surface area contributed by atoms with Crippen LogP contribution in [0.3, 0.4) is 0 Å². The molecule has 20 heavy (non-hydrogen) atoms. The first-order chi connectivity index (χ1) is 9.47. The van der Waals surface area contributed by atoms with Gasteiger partial charge in [-0.15, -0.1) is 0 Å². The molecule has 0 aliphatic rings. The summed E-state index contributed by atoms with van der Waals surface area (Å²) in [4.78, 5) is 10.9. The van der Waals surface area contributed by atoms with Crippen molar-refractivity contribution in [2.24, 2.45) is 5.92 Å². The normalized spacial score (nSPS) is 10.8. The summed E-state index contributed by atoms with van der Waals surface area (Å²) in [6.45, 7) is 4.32. The highest BCUT2D eigenvalue weighted by Gasteiger charge is 2.11. The number of carbonyl (C=O) groups is 1. The molecule has 0 aromatic heterocycles. The van der Waals surface area contributed by atoms with Crippen LogP contribution >= 0.6 is 0 Å². The Hall–Kier alpha value is -2.16. The predicted molar refractivity (Wildman–Crippen MR) is 77.3 cm³/mol. The number of hydrogen-bond donors (Lipinski definition) is 1. The maximum absolute atomic E-state index is 13.4. The minimum atomic E-state index is -1.25. The van der Waals surface area contributed by atoms with E-state index in [4.69, 9.17) is 5.11 Å². The van der Waals surface area contributed by atoms with E-state index in [9.17, 15) is 9.18 Å². The van der Waals surface area contributed by atoms with Gasteiger partial charge in [0.2, 0.25) is 0 Å². The molecular weight excluding hydrogens is 255 g/mol. The average molecular weight is 272 g/mol. The zero-order chi connectivity index (χ0) is 14.7. The van der Waals surface area contributed by atoms with E-state index in [0.29, 0.717) is 11.5 Å². The predicted octanol–water partition coefficient (Wildman–Crippen LogP) is 4.39. The molecule has 1 N–H and O–H groups in total. The molecule has 0 saturated heterocycles. The summed E-state index contributed by atoms with van der Waals surface area (Å²) in [5.74, 6) is -1.37. The van der Waals surface area contributed by atoms with Crippen LogP contribution in [0.4, 0.5) is 4.39 Å². The number of carboxylic acid groups (broad SMARTS) is 1. The first-order valence-electron chi connectivity index (χ1n) is 6.59. The van der Waals surface area contributed by atoms with E-state index in [2.05, 4.69) is 13.8 Å². The molecule has 0 bridgehead atoms. The highest BCUT2D eigenvalue weighted by atomic mass is 19.1. The van der Waals surface area contributed by atoms with Gasteiger partial charge in [-0.2, -0.15) is 0 Å². The minimum absolute atomic E-state index is 0.297. The molecule has 2 nitrogen and oxygen atoms in total. The molecule has 0 spiro atoms. The third kappa shape index (κ3) is 3.23. The SMILES string of the molecule is CC(C)Cc1ccc(-c2ccc(F)c(C(=O)O)c2)cc1. The number of rotatable bonds is 4. The van der Waals surface area contributed by atoms with Crippen molar-refractivity contribution in [2.75, 3.05) is 0 Å². The lowest BCUT2D eigenvalue weighted by atomic mass is 9.98. The van der Waals surface area contributed by atoms with Gasteiger partial charge >= 0.3 is 5.97 Å². The monoisotopic (exact) mass is 272 g/mol. The largest absolute Gasteiger partial charge is 0.478 e. The molecule has 2 aromatic rings. The van der Waals surface area contributed by atoms with Crippen LogP contribution in [-0.2, 0) is 6.42 Å². The van der Waals surface area contributed by atoms with E-state index in [-0.39, 0.29) is 5.56 Å². The molecule has 0 amide bonds. The van der Waals surface area contributed by atoms with Crippen molar-refractivity contribution in [3.63, 3.8) is 0 Å². The Morgan fingerprint density at radius 1 is 1.10 bits per heavy atom. The summed E-state index contributed by atoms with van der Waals surface area (Å²) in [6, 6.07) is 12.1. The van der Waals surface area contributed by atoms with Gasteiger partial charge in [-0.25, -0.2) is 9.18 Å². The Morgan fingerprint density at radius 3 is 2.25 bits per heavy atom. The summed E-state index contributed by atoms with van der Waals surface area (Å²) in [5.41, 5.74) is 2.54. The van der Waals surface area contributed by atoms with Gasteiger partial charge in [0.15, 0.2) is 0 Å². The molecule has 0 aliphatic heterocycles. The van der Waals surface area contributed by atoms with Crippen molar-refractivity contribution >= 4 is 5.97 Å². The second-order valence-electron chi connectivity index (χ2n) is 5.29. The van der Waals surface area contributed by atoms with Crippen molar-refractivity contribution in [1.29, 1.82) is 0 Å². The fourth-order valence-corrected chi connectivity index (χ4v) is 2.17. The lowest BCUT2D eigenvalue weighted by Crippen LogP contribution is -2.00. The molecule has 0 heterocycles. The zero-order valence-electron chi connectivity index (χ0n) is 11.6. The van der Waals surface area contributed by atoms with Gasteiger partial charge in [-0.1, -0.05) is 44.2 Å². The maximum Gasteiger partial charge on any atom is 0.338 e. The van der Waals surface area contributed by atoms with Crippen molar-refractivity contribution in [1.82, 2.24) is 0 Å². The van der Waals surface area contributed by atoms with Gasteiger partial charge in [0, 0.05) is 0 Å². The van der Waals surface area contributed by atoms with Crippen LogP contribution in [0.25, 0.3) is 11.1 Å².